The molecule has 0 saturated carbocycles. The number of halogens is 6. The largest absolute Gasteiger partial charge is 0.418 e. The first-order valence-corrected chi connectivity index (χ1v) is 8.60. The highest BCUT2D eigenvalue weighted by Crippen LogP contribution is 2.39. The first-order valence-electron chi connectivity index (χ1n) is 8.60. The van der Waals surface area contributed by atoms with E-state index in [1.54, 1.807) is 13.8 Å². The lowest BCUT2D eigenvalue weighted by Gasteiger charge is -2.21. The molecule has 0 aliphatic carbocycles. The third kappa shape index (κ3) is 5.56. The quantitative estimate of drug-likeness (QED) is 0.533. The average Bonchev–Trinajstić information content (AvgIpc) is 2.58. The third-order valence-corrected chi connectivity index (χ3v) is 4.18. The van der Waals surface area contributed by atoms with Crippen LogP contribution >= 0.6 is 0 Å². The normalized spacial score (nSPS) is 13.6. The van der Waals surface area contributed by atoms with Crippen molar-refractivity contribution in [2.24, 2.45) is 5.92 Å². The maximum atomic E-state index is 13.4. The van der Waals surface area contributed by atoms with E-state index in [-0.39, 0.29) is 35.8 Å². The van der Waals surface area contributed by atoms with Crippen LogP contribution in [-0.4, -0.2) is 10.8 Å². The summed E-state index contributed by atoms with van der Waals surface area (Å²) in [7, 11) is 0. The Morgan fingerprint density at radius 1 is 0.929 bits per heavy atom. The van der Waals surface area contributed by atoms with Gasteiger partial charge in [-0.3, -0.25) is 9.78 Å². The topological polar surface area (TPSA) is 30.0 Å². The molecule has 0 fully saturated rings. The fraction of sp³-hybridized carbons (Fsp3) is 0.400. The summed E-state index contributed by atoms with van der Waals surface area (Å²) in [5, 5.41) is 0. The van der Waals surface area contributed by atoms with Gasteiger partial charge in [-0.25, -0.2) is 0 Å². The molecule has 2 aromatic rings. The number of nitrogens with zero attached hydrogens (tertiary/aromatic N) is 1. The SMILES string of the molecule is CC(C)CC(=O)C[C@@H](c1ccc(C(F)(F)F)cc1)c1ncccc1C(F)(F)F. The number of rotatable bonds is 6. The second-order valence-electron chi connectivity index (χ2n) is 6.95. The van der Waals surface area contributed by atoms with Crippen LogP contribution in [0.5, 0.6) is 0 Å². The summed E-state index contributed by atoms with van der Waals surface area (Å²) in [5.74, 6) is -1.36. The van der Waals surface area contributed by atoms with Gasteiger partial charge in [0.25, 0.3) is 0 Å². The van der Waals surface area contributed by atoms with Gasteiger partial charge in [-0.1, -0.05) is 26.0 Å². The van der Waals surface area contributed by atoms with Gasteiger partial charge in [0, 0.05) is 25.0 Å². The number of hydrogen-bond acceptors (Lipinski definition) is 2. The summed E-state index contributed by atoms with van der Waals surface area (Å²) in [5.41, 5.74) is -2.11. The Balaban J connectivity index is 2.51. The van der Waals surface area contributed by atoms with Crippen LogP contribution < -0.4 is 0 Å². The van der Waals surface area contributed by atoms with E-state index in [0.29, 0.717) is 0 Å². The minimum atomic E-state index is -4.70. The fourth-order valence-corrected chi connectivity index (χ4v) is 2.98. The molecule has 1 aromatic carbocycles. The maximum Gasteiger partial charge on any atom is 0.418 e. The molecule has 152 valence electrons. The van der Waals surface area contributed by atoms with Gasteiger partial charge in [-0.05, 0) is 35.7 Å². The van der Waals surface area contributed by atoms with Crippen molar-refractivity contribution >= 4 is 5.78 Å². The highest BCUT2D eigenvalue weighted by molar-refractivity contribution is 5.80. The summed E-state index contributed by atoms with van der Waals surface area (Å²) in [6.45, 7) is 3.60. The molecule has 0 bridgehead atoms. The standard InChI is InChI=1S/C20H19F6NO/c1-12(2)10-15(28)11-16(13-5-7-14(8-6-13)19(21,22)23)18-17(20(24,25)26)4-3-9-27-18/h3-9,12,16H,10-11H2,1-2H3/t16-/m0/s1. The Labute approximate surface area is 158 Å². The predicted molar refractivity (Wildman–Crippen MR) is 91.6 cm³/mol. The van der Waals surface area contributed by atoms with Crippen LogP contribution in [0.2, 0.25) is 0 Å². The molecule has 28 heavy (non-hydrogen) atoms. The van der Waals surface area contributed by atoms with E-state index in [1.165, 1.54) is 6.20 Å². The number of carbonyl (C=O) groups is 1. The van der Waals surface area contributed by atoms with Crippen molar-refractivity contribution in [1.82, 2.24) is 4.98 Å². The number of alkyl halides is 6. The molecular weight excluding hydrogens is 384 g/mol. The smallest absolute Gasteiger partial charge is 0.300 e. The summed E-state index contributed by atoms with van der Waals surface area (Å²) in [6, 6.07) is 5.78. The molecule has 0 unspecified atom stereocenters. The Morgan fingerprint density at radius 2 is 1.54 bits per heavy atom. The number of pyridine rings is 1. The zero-order valence-corrected chi connectivity index (χ0v) is 15.2. The average molecular weight is 403 g/mol. The number of benzene rings is 1. The minimum Gasteiger partial charge on any atom is -0.300 e. The first-order chi connectivity index (χ1) is 12.9. The Hall–Kier alpha value is -2.38. The van der Waals surface area contributed by atoms with Crippen LogP contribution in [0.3, 0.4) is 0 Å². The number of carbonyl (C=O) groups excluding carboxylic acids is 1. The number of Topliss-reactive ketones (excluding diaryl/α,β-unsaturated/α-hetero) is 1. The maximum absolute atomic E-state index is 13.4. The molecule has 1 atom stereocenters. The Morgan fingerprint density at radius 3 is 2.04 bits per heavy atom. The lowest BCUT2D eigenvalue weighted by atomic mass is 9.86. The van der Waals surface area contributed by atoms with Crippen LogP contribution in [0, 0.1) is 5.92 Å². The summed E-state index contributed by atoms with van der Waals surface area (Å²) >= 11 is 0. The summed E-state index contributed by atoms with van der Waals surface area (Å²) < 4.78 is 78.7. The molecule has 0 spiro atoms. The molecule has 0 aliphatic rings. The van der Waals surface area contributed by atoms with Crippen molar-refractivity contribution in [3.8, 4) is 0 Å². The van der Waals surface area contributed by atoms with Crippen molar-refractivity contribution in [2.75, 3.05) is 0 Å². The number of aromatic nitrogens is 1. The van der Waals surface area contributed by atoms with Crippen LogP contribution in [0.4, 0.5) is 26.3 Å². The van der Waals surface area contributed by atoms with E-state index in [0.717, 1.165) is 36.4 Å². The molecule has 2 nitrogen and oxygen atoms in total. The van der Waals surface area contributed by atoms with Gasteiger partial charge >= 0.3 is 12.4 Å². The minimum absolute atomic E-state index is 0.00609. The van der Waals surface area contributed by atoms with Gasteiger partial charge in [0.1, 0.15) is 5.78 Å². The highest BCUT2D eigenvalue weighted by atomic mass is 19.4. The third-order valence-electron chi connectivity index (χ3n) is 4.18. The van der Waals surface area contributed by atoms with Gasteiger partial charge in [0.2, 0.25) is 0 Å². The van der Waals surface area contributed by atoms with Crippen molar-refractivity contribution in [3.63, 3.8) is 0 Å². The van der Waals surface area contributed by atoms with Crippen LogP contribution in [-0.2, 0) is 17.1 Å². The molecule has 0 N–H and O–H groups in total. The molecule has 1 heterocycles. The van der Waals surface area contributed by atoms with E-state index >= 15 is 0 Å². The predicted octanol–water partition coefficient (Wildman–Crippen LogP) is 6.26. The lowest BCUT2D eigenvalue weighted by molar-refractivity contribution is -0.139. The van der Waals surface area contributed by atoms with Crippen molar-refractivity contribution < 1.29 is 31.1 Å². The second-order valence-corrected chi connectivity index (χ2v) is 6.95. The van der Waals surface area contributed by atoms with Crippen LogP contribution in [0.25, 0.3) is 0 Å². The lowest BCUT2D eigenvalue weighted by Crippen LogP contribution is -2.18. The number of hydrogen-bond donors (Lipinski definition) is 0. The monoisotopic (exact) mass is 403 g/mol. The first kappa shape index (κ1) is 21.9. The molecule has 0 radical (unpaired) electrons. The van der Waals surface area contributed by atoms with Gasteiger partial charge in [0.05, 0.1) is 16.8 Å². The van der Waals surface area contributed by atoms with Crippen LogP contribution in [0.1, 0.15) is 55.0 Å². The van der Waals surface area contributed by atoms with Gasteiger partial charge in [0.15, 0.2) is 0 Å². The molecule has 2 rings (SSSR count). The van der Waals surface area contributed by atoms with Gasteiger partial charge in [-0.2, -0.15) is 26.3 Å². The fourth-order valence-electron chi connectivity index (χ4n) is 2.98. The van der Waals surface area contributed by atoms with Crippen LogP contribution in [0.15, 0.2) is 42.6 Å². The van der Waals surface area contributed by atoms with Gasteiger partial charge in [-0.15, -0.1) is 0 Å². The molecule has 8 heteroatoms. The van der Waals surface area contributed by atoms with E-state index in [9.17, 15) is 31.1 Å². The highest BCUT2D eigenvalue weighted by Gasteiger charge is 2.37. The molecule has 1 aromatic heterocycles. The summed E-state index contributed by atoms with van der Waals surface area (Å²) in [4.78, 5) is 16.1. The van der Waals surface area contributed by atoms with E-state index in [2.05, 4.69) is 4.98 Å². The van der Waals surface area contributed by atoms with Crippen molar-refractivity contribution in [3.05, 3.63) is 65.0 Å². The van der Waals surface area contributed by atoms with E-state index < -0.39 is 29.4 Å². The van der Waals surface area contributed by atoms with Crippen molar-refractivity contribution in [1.29, 1.82) is 0 Å². The Bertz CT molecular complexity index is 809. The summed E-state index contributed by atoms with van der Waals surface area (Å²) in [6.07, 6.45) is -8.21. The van der Waals surface area contributed by atoms with E-state index in [4.69, 9.17) is 0 Å². The molecule has 0 aliphatic heterocycles. The zero-order chi connectivity index (χ0) is 21.1. The second kappa shape index (κ2) is 8.32. The molecule has 0 amide bonds. The van der Waals surface area contributed by atoms with Crippen molar-refractivity contribution in [2.45, 2.75) is 45.0 Å². The van der Waals surface area contributed by atoms with E-state index in [1.807, 2.05) is 0 Å². The Kier molecular flexibility index (Phi) is 6.52. The zero-order valence-electron chi connectivity index (χ0n) is 15.2. The number of ketones is 1. The molecule has 0 saturated heterocycles. The van der Waals surface area contributed by atoms with Gasteiger partial charge < -0.3 is 0 Å². The molecular formula is C20H19F6NO.